The van der Waals surface area contributed by atoms with E-state index in [-0.39, 0.29) is 16.3 Å². The van der Waals surface area contributed by atoms with Crippen LogP contribution in [0.4, 0.5) is 26.3 Å². The summed E-state index contributed by atoms with van der Waals surface area (Å²) in [6.45, 7) is 18.7. The topological polar surface area (TPSA) is 125 Å². The quantitative estimate of drug-likeness (QED) is 0.139. The summed E-state index contributed by atoms with van der Waals surface area (Å²) >= 11 is 16.8. The lowest BCUT2D eigenvalue weighted by molar-refractivity contribution is -0.142. The van der Waals surface area contributed by atoms with Crippen LogP contribution >= 0.6 is 34.8 Å². The van der Waals surface area contributed by atoms with Gasteiger partial charge in [-0.1, -0.05) is 34.8 Å². The maximum atomic E-state index is 12.1. The van der Waals surface area contributed by atoms with Crippen molar-refractivity contribution in [2.75, 3.05) is 0 Å². The van der Waals surface area contributed by atoms with Crippen LogP contribution in [0.5, 0.6) is 0 Å². The molecule has 0 bridgehead atoms. The van der Waals surface area contributed by atoms with Gasteiger partial charge in [0.25, 0.3) is 0 Å². The summed E-state index contributed by atoms with van der Waals surface area (Å²) in [5.41, 5.74) is 7.61. The zero-order valence-corrected chi connectivity index (χ0v) is 40.9. The van der Waals surface area contributed by atoms with E-state index in [9.17, 15) is 26.3 Å². The Morgan fingerprint density at radius 1 is 0.460 bits per heavy atom. The second-order valence-corrected chi connectivity index (χ2v) is 15.5. The Balaban J connectivity index is 0.000000370. The molecule has 0 radical (unpaired) electrons. The van der Waals surface area contributed by atoms with Gasteiger partial charge in [0.05, 0.1) is 23.8 Å². The van der Waals surface area contributed by atoms with Crippen molar-refractivity contribution in [3.05, 3.63) is 120 Å². The van der Waals surface area contributed by atoms with Crippen LogP contribution in [0.1, 0.15) is 67.5 Å². The molecule has 0 N–H and O–H groups in total. The number of aromatic nitrogens is 14. The Hall–Kier alpha value is -5.08. The highest BCUT2D eigenvalue weighted by atomic mass is 35.5. The highest BCUT2D eigenvalue weighted by Crippen LogP contribution is 2.33. The number of nitrogens with zero attached hydrogens (tertiary/aromatic N) is 14. The summed E-state index contributed by atoms with van der Waals surface area (Å²) in [6.07, 6.45) is 0.0818. The molecule has 0 fully saturated rings. The molecule has 63 heavy (non-hydrogen) atoms. The van der Waals surface area contributed by atoms with Crippen molar-refractivity contribution in [1.29, 1.82) is 0 Å². The van der Waals surface area contributed by atoms with Crippen molar-refractivity contribution in [3.8, 4) is 0 Å². The van der Waals surface area contributed by atoms with E-state index in [0.29, 0.717) is 10.3 Å². The lowest BCUT2D eigenvalue weighted by Crippen LogP contribution is -2.08. The minimum Gasteiger partial charge on any atom is -0.275 e. The Morgan fingerprint density at radius 3 is 1.08 bits per heavy atom. The van der Waals surface area contributed by atoms with E-state index in [4.69, 9.17) is 34.8 Å². The third-order valence-corrected chi connectivity index (χ3v) is 10.2. The Morgan fingerprint density at radius 2 is 0.937 bits per heavy atom. The molecule has 0 saturated carbocycles. The molecule has 7 aromatic heterocycles. The fraction of sp³-hybridized carbons (Fsp3) is 0.475. The Bertz CT molecular complexity index is 2230. The van der Waals surface area contributed by atoms with Crippen LogP contribution in [0.25, 0.3) is 0 Å². The normalized spacial score (nSPS) is 10.7. The Labute approximate surface area is 379 Å². The van der Waals surface area contributed by atoms with Crippen LogP contribution in [-0.2, 0) is 61.7 Å². The average Bonchev–Trinajstić information content (AvgIpc) is 4.02. The van der Waals surface area contributed by atoms with Crippen molar-refractivity contribution >= 4 is 34.8 Å². The molecule has 0 amide bonds. The van der Waals surface area contributed by atoms with Crippen LogP contribution in [0.2, 0.25) is 15.5 Å². The van der Waals surface area contributed by atoms with Gasteiger partial charge in [-0.25, -0.2) is 0 Å². The number of rotatable bonds is 0. The predicted octanol–water partition coefficient (Wildman–Crippen LogP) is 10.0. The molecule has 0 saturated heterocycles. The third kappa shape index (κ3) is 18.3. The largest absolute Gasteiger partial charge is 0.435 e. The second-order valence-electron chi connectivity index (χ2n) is 14.4. The molecule has 0 aliphatic heterocycles. The highest BCUT2D eigenvalue weighted by molar-refractivity contribution is 6.30. The molecule has 0 spiro atoms. The summed E-state index contributed by atoms with van der Waals surface area (Å²) in [4.78, 5) is 0. The number of hydrogen-bond acceptors (Lipinski definition) is 7. The van der Waals surface area contributed by atoms with Crippen molar-refractivity contribution in [2.45, 2.75) is 81.6 Å². The standard InChI is InChI=1S/C6H6ClF3N2.C6H7F3N2.3C6H10N2.2C5H7ClN2/c1-3-4(6(8,9)10)11-12(2)5(3)7;1-4-3-11(2)10-5(4)6(7,8)9;1-5-4-8(3)7-6(5)2;1-5-4-7-8(3)6(5)2;1-5-4-6(2)8(3)7-5;1-4-3-8(2)7-5(4)6;1-4-3-7-8(2)5(4)6/h1-2H3;3H,1-2H3;3*4H,1-3H3;2*3H,1-2H3. The number of aryl methyl sites for hydroxylation is 15. The van der Waals surface area contributed by atoms with Crippen molar-refractivity contribution in [1.82, 2.24) is 68.5 Å². The first-order valence-corrected chi connectivity index (χ1v) is 19.9. The molecule has 7 heterocycles. The smallest absolute Gasteiger partial charge is 0.275 e. The molecule has 0 unspecified atom stereocenters. The van der Waals surface area contributed by atoms with Gasteiger partial charge in [-0.15, -0.1) is 0 Å². The maximum Gasteiger partial charge on any atom is 0.435 e. The predicted molar refractivity (Wildman–Crippen MR) is 235 cm³/mol. The molecular formula is C40H57Cl3F6N14. The van der Waals surface area contributed by atoms with Crippen LogP contribution in [0.15, 0.2) is 37.1 Å². The van der Waals surface area contributed by atoms with E-state index >= 15 is 0 Å². The van der Waals surface area contributed by atoms with Crippen LogP contribution in [0.3, 0.4) is 0 Å². The Kier molecular flexibility index (Phi) is 21.4. The van der Waals surface area contributed by atoms with Crippen molar-refractivity contribution < 1.29 is 26.3 Å². The summed E-state index contributed by atoms with van der Waals surface area (Å²) in [6, 6.07) is 2.06. The molecule has 14 nitrogen and oxygen atoms in total. The monoisotopic (exact) mass is 952 g/mol. The first-order valence-electron chi connectivity index (χ1n) is 18.8. The van der Waals surface area contributed by atoms with Crippen molar-refractivity contribution in [2.24, 2.45) is 49.3 Å². The van der Waals surface area contributed by atoms with E-state index in [1.165, 1.54) is 56.7 Å². The van der Waals surface area contributed by atoms with E-state index in [2.05, 4.69) is 62.5 Å². The van der Waals surface area contributed by atoms with E-state index in [1.54, 1.807) is 15.6 Å². The van der Waals surface area contributed by atoms with Crippen LogP contribution in [-0.4, -0.2) is 68.5 Å². The van der Waals surface area contributed by atoms with Crippen LogP contribution < -0.4 is 0 Å². The summed E-state index contributed by atoms with van der Waals surface area (Å²) in [5.74, 6) is 0. The van der Waals surface area contributed by atoms with Crippen molar-refractivity contribution in [3.63, 3.8) is 0 Å². The van der Waals surface area contributed by atoms with Gasteiger partial charge in [-0.3, -0.25) is 32.8 Å². The van der Waals surface area contributed by atoms with Gasteiger partial charge in [-0.05, 0) is 92.0 Å². The highest BCUT2D eigenvalue weighted by Gasteiger charge is 2.37. The molecule has 23 heteroatoms. The second kappa shape index (κ2) is 24.1. The van der Waals surface area contributed by atoms with E-state index in [1.807, 2.05) is 102 Å². The first kappa shape index (κ1) is 55.9. The molecule has 7 rings (SSSR count). The number of hydrogen-bond donors (Lipinski definition) is 0. The van der Waals surface area contributed by atoms with Crippen LogP contribution in [0, 0.1) is 69.2 Å². The van der Waals surface area contributed by atoms with Gasteiger partial charge >= 0.3 is 12.4 Å². The zero-order valence-electron chi connectivity index (χ0n) is 38.6. The summed E-state index contributed by atoms with van der Waals surface area (Å²) in [5, 5.41) is 27.9. The fourth-order valence-electron chi connectivity index (χ4n) is 4.94. The lowest BCUT2D eigenvalue weighted by atomic mass is 10.3. The van der Waals surface area contributed by atoms with Gasteiger partial charge in [0.2, 0.25) is 0 Å². The van der Waals surface area contributed by atoms with E-state index < -0.39 is 23.7 Å². The summed E-state index contributed by atoms with van der Waals surface area (Å²) in [7, 11) is 12.3. The van der Waals surface area contributed by atoms with Gasteiger partial charge in [0, 0.05) is 96.0 Å². The molecule has 0 aliphatic carbocycles. The van der Waals surface area contributed by atoms with Gasteiger partial charge in [0.1, 0.15) is 10.3 Å². The molecule has 0 aliphatic rings. The minimum atomic E-state index is -4.42. The average molecular weight is 954 g/mol. The van der Waals surface area contributed by atoms with Gasteiger partial charge in [0.15, 0.2) is 16.5 Å². The fourth-order valence-corrected chi connectivity index (χ4v) is 5.33. The maximum absolute atomic E-state index is 12.1. The number of alkyl halides is 6. The summed E-state index contributed by atoms with van der Waals surface area (Å²) < 4.78 is 83.3. The van der Waals surface area contributed by atoms with E-state index in [0.717, 1.165) is 31.9 Å². The molecule has 0 aromatic carbocycles. The molecule has 7 aromatic rings. The zero-order chi connectivity index (χ0) is 48.9. The first-order chi connectivity index (χ1) is 28.8. The molecule has 0 atom stereocenters. The van der Waals surface area contributed by atoms with Gasteiger partial charge < -0.3 is 0 Å². The lowest BCUT2D eigenvalue weighted by Gasteiger charge is -2.01. The SMILES string of the molecule is Cc1c(C(F)(F)F)nn(C)c1Cl.Cc1cc(C)n(C)n1.Cc1cn(C)nc1C.Cc1cn(C)nc1C(F)(F)F.Cc1cn(C)nc1Cl.Cc1cnn(C)c1C.Cc1cnn(C)c1Cl. The molecule has 350 valence electrons. The van der Waals surface area contributed by atoms with Gasteiger partial charge in [-0.2, -0.15) is 62.0 Å². The third-order valence-electron chi connectivity index (χ3n) is 8.71. The minimum absolute atomic E-state index is 0.0160. The number of halogens is 9. The molecular weight excluding hydrogens is 897 g/mol.